The minimum atomic E-state index is -4.21. The summed E-state index contributed by atoms with van der Waals surface area (Å²) in [5, 5.41) is -0.254. The Morgan fingerprint density at radius 2 is 1.74 bits per heavy atom. The van der Waals surface area contributed by atoms with Gasteiger partial charge < -0.3 is 4.74 Å². The molecule has 2 rings (SSSR count). The molecule has 0 saturated heterocycles. The van der Waals surface area contributed by atoms with Gasteiger partial charge in [0.25, 0.3) is 10.0 Å². The molecule has 2 aromatic rings. The molecule has 0 bridgehead atoms. The Bertz CT molecular complexity index is 830. The summed E-state index contributed by atoms with van der Waals surface area (Å²) in [4.78, 5) is -0.513. The molecule has 0 aliphatic heterocycles. The molecule has 0 atom stereocenters. The van der Waals surface area contributed by atoms with Crippen LogP contribution in [0.2, 0.25) is 5.02 Å². The average molecular weight is 370 g/mol. The molecule has 0 spiro atoms. The maximum Gasteiger partial charge on any atom is 0.387 e. The molecule has 0 fully saturated rings. The van der Waals surface area contributed by atoms with Crippen LogP contribution in [0.5, 0.6) is 5.75 Å². The number of benzene rings is 2. The van der Waals surface area contributed by atoms with Gasteiger partial charge in [0.05, 0.1) is 15.6 Å². The number of hydrogen-bond acceptors (Lipinski definition) is 3. The zero-order valence-electron chi connectivity index (χ0n) is 11.1. The standard InChI is InChI=1S/C13H8ClF4NO3S/c14-9-5-7(1-4-12(9)22-13(17)18)19-23(20,21)8-2-3-10(15)11(16)6-8/h1-6,13,19H. The van der Waals surface area contributed by atoms with Crippen LogP contribution in [0.1, 0.15) is 0 Å². The predicted molar refractivity (Wildman–Crippen MR) is 75.3 cm³/mol. The van der Waals surface area contributed by atoms with E-state index in [4.69, 9.17) is 11.6 Å². The second-order valence-electron chi connectivity index (χ2n) is 4.21. The number of sulfonamides is 1. The summed E-state index contributed by atoms with van der Waals surface area (Å²) in [6.07, 6.45) is 0. The van der Waals surface area contributed by atoms with Crippen LogP contribution in [0.25, 0.3) is 0 Å². The van der Waals surface area contributed by atoms with Gasteiger partial charge in [-0.3, -0.25) is 4.72 Å². The first-order chi connectivity index (χ1) is 10.7. The fourth-order valence-electron chi connectivity index (χ4n) is 1.61. The van der Waals surface area contributed by atoms with E-state index >= 15 is 0 Å². The minimum Gasteiger partial charge on any atom is -0.433 e. The van der Waals surface area contributed by atoms with Gasteiger partial charge >= 0.3 is 6.61 Å². The average Bonchev–Trinajstić information content (AvgIpc) is 2.44. The van der Waals surface area contributed by atoms with E-state index in [0.717, 1.165) is 24.3 Å². The lowest BCUT2D eigenvalue weighted by molar-refractivity contribution is -0.0497. The van der Waals surface area contributed by atoms with E-state index in [1.807, 2.05) is 0 Å². The number of anilines is 1. The Hall–Kier alpha value is -2.00. The molecule has 0 amide bonds. The summed E-state index contributed by atoms with van der Waals surface area (Å²) in [5.41, 5.74) is -0.0682. The number of rotatable bonds is 5. The van der Waals surface area contributed by atoms with E-state index < -0.39 is 33.2 Å². The molecular weight excluding hydrogens is 362 g/mol. The Balaban J connectivity index is 2.26. The van der Waals surface area contributed by atoms with Crippen molar-refractivity contribution in [2.75, 3.05) is 4.72 Å². The van der Waals surface area contributed by atoms with E-state index in [1.54, 1.807) is 0 Å². The Morgan fingerprint density at radius 3 is 2.30 bits per heavy atom. The number of alkyl halides is 2. The first-order valence-electron chi connectivity index (χ1n) is 5.91. The molecule has 0 heterocycles. The quantitative estimate of drug-likeness (QED) is 0.810. The number of hydrogen-bond donors (Lipinski definition) is 1. The molecule has 2 aromatic carbocycles. The van der Waals surface area contributed by atoms with Crippen LogP contribution in [0.15, 0.2) is 41.3 Å². The van der Waals surface area contributed by atoms with Crippen LogP contribution >= 0.6 is 11.6 Å². The summed E-state index contributed by atoms with van der Waals surface area (Å²) in [7, 11) is -4.21. The van der Waals surface area contributed by atoms with Gasteiger partial charge in [-0.2, -0.15) is 8.78 Å². The van der Waals surface area contributed by atoms with Crippen molar-refractivity contribution in [3.8, 4) is 5.75 Å². The molecule has 0 aliphatic carbocycles. The van der Waals surface area contributed by atoms with Crippen molar-refractivity contribution in [3.63, 3.8) is 0 Å². The van der Waals surface area contributed by atoms with Crippen molar-refractivity contribution in [3.05, 3.63) is 53.1 Å². The molecule has 23 heavy (non-hydrogen) atoms. The van der Waals surface area contributed by atoms with Gasteiger partial charge in [0.1, 0.15) is 5.75 Å². The summed E-state index contributed by atoms with van der Waals surface area (Å²) in [6, 6.07) is 5.25. The fourth-order valence-corrected chi connectivity index (χ4v) is 2.90. The third kappa shape index (κ3) is 4.26. The van der Waals surface area contributed by atoms with Crippen molar-refractivity contribution in [2.45, 2.75) is 11.5 Å². The molecule has 0 saturated carbocycles. The van der Waals surface area contributed by atoms with Gasteiger partial charge in [0.2, 0.25) is 0 Å². The summed E-state index contributed by atoms with van der Waals surface area (Å²) in [5.74, 6) is -2.86. The highest BCUT2D eigenvalue weighted by molar-refractivity contribution is 7.92. The third-order valence-corrected chi connectivity index (χ3v) is 4.28. The largest absolute Gasteiger partial charge is 0.433 e. The molecule has 124 valence electrons. The van der Waals surface area contributed by atoms with Crippen molar-refractivity contribution in [1.29, 1.82) is 0 Å². The van der Waals surface area contributed by atoms with Gasteiger partial charge in [-0.05, 0) is 36.4 Å². The lowest BCUT2D eigenvalue weighted by Gasteiger charge is -2.11. The van der Waals surface area contributed by atoms with E-state index in [9.17, 15) is 26.0 Å². The topological polar surface area (TPSA) is 55.4 Å². The zero-order valence-corrected chi connectivity index (χ0v) is 12.6. The van der Waals surface area contributed by atoms with Gasteiger partial charge in [-0.25, -0.2) is 17.2 Å². The molecule has 0 unspecified atom stereocenters. The van der Waals surface area contributed by atoms with Crippen molar-refractivity contribution in [1.82, 2.24) is 0 Å². The Kier molecular flexibility index (Phi) is 5.00. The first kappa shape index (κ1) is 17.4. The van der Waals surface area contributed by atoms with Gasteiger partial charge in [-0.15, -0.1) is 0 Å². The lowest BCUT2D eigenvalue weighted by atomic mass is 10.3. The first-order valence-corrected chi connectivity index (χ1v) is 7.77. The SMILES string of the molecule is O=S(=O)(Nc1ccc(OC(F)F)c(Cl)c1)c1ccc(F)c(F)c1. The smallest absolute Gasteiger partial charge is 0.387 e. The maximum absolute atomic E-state index is 13.1. The monoisotopic (exact) mass is 369 g/mol. The summed E-state index contributed by atoms with van der Waals surface area (Å²) < 4.78 is 80.4. The number of ether oxygens (including phenoxy) is 1. The minimum absolute atomic E-state index is 0.0682. The van der Waals surface area contributed by atoms with Crippen LogP contribution < -0.4 is 9.46 Å². The molecule has 0 aliphatic rings. The van der Waals surface area contributed by atoms with Crippen molar-refractivity contribution < 1.29 is 30.7 Å². The van der Waals surface area contributed by atoms with E-state index in [0.29, 0.717) is 12.1 Å². The van der Waals surface area contributed by atoms with Crippen LogP contribution in [0.4, 0.5) is 23.2 Å². The molecule has 0 aromatic heterocycles. The van der Waals surface area contributed by atoms with Crippen LogP contribution in [-0.2, 0) is 10.0 Å². The van der Waals surface area contributed by atoms with Gasteiger partial charge in [0, 0.05) is 0 Å². The molecule has 1 N–H and O–H groups in total. The van der Waals surface area contributed by atoms with Crippen molar-refractivity contribution in [2.24, 2.45) is 0 Å². The number of halogens is 5. The predicted octanol–water partition coefficient (Wildman–Crippen LogP) is 4.02. The lowest BCUT2D eigenvalue weighted by Crippen LogP contribution is -2.13. The number of nitrogens with one attached hydrogen (secondary N) is 1. The molecular formula is C13H8ClF4NO3S. The Morgan fingerprint density at radius 1 is 1.04 bits per heavy atom. The zero-order chi connectivity index (χ0) is 17.2. The Labute approximate surface area is 133 Å². The van der Waals surface area contributed by atoms with Crippen LogP contribution in [-0.4, -0.2) is 15.0 Å². The second-order valence-corrected chi connectivity index (χ2v) is 6.29. The van der Waals surface area contributed by atoms with Crippen LogP contribution in [0.3, 0.4) is 0 Å². The molecule has 4 nitrogen and oxygen atoms in total. The van der Waals surface area contributed by atoms with Crippen molar-refractivity contribution >= 4 is 27.3 Å². The van der Waals surface area contributed by atoms with E-state index in [2.05, 4.69) is 9.46 Å². The molecule has 10 heteroatoms. The fraction of sp³-hybridized carbons (Fsp3) is 0.0769. The highest BCUT2D eigenvalue weighted by Gasteiger charge is 2.18. The normalized spacial score (nSPS) is 11.6. The highest BCUT2D eigenvalue weighted by atomic mass is 35.5. The van der Waals surface area contributed by atoms with E-state index in [-0.39, 0.29) is 16.5 Å². The van der Waals surface area contributed by atoms with Gasteiger partial charge in [0.15, 0.2) is 11.6 Å². The summed E-state index contributed by atoms with van der Waals surface area (Å²) >= 11 is 5.69. The summed E-state index contributed by atoms with van der Waals surface area (Å²) in [6.45, 7) is -3.09. The third-order valence-electron chi connectivity index (χ3n) is 2.60. The van der Waals surface area contributed by atoms with Crippen LogP contribution in [0, 0.1) is 11.6 Å². The van der Waals surface area contributed by atoms with E-state index in [1.165, 1.54) is 0 Å². The van der Waals surface area contributed by atoms with Gasteiger partial charge in [-0.1, -0.05) is 11.6 Å². The second kappa shape index (κ2) is 6.63. The highest BCUT2D eigenvalue weighted by Crippen LogP contribution is 2.30. The molecule has 0 radical (unpaired) electrons. The maximum atomic E-state index is 13.1.